The van der Waals surface area contributed by atoms with E-state index in [9.17, 15) is 0 Å². The lowest BCUT2D eigenvalue weighted by Crippen LogP contribution is -2.32. The Morgan fingerprint density at radius 2 is 1.82 bits per heavy atom. The van der Waals surface area contributed by atoms with Crippen LogP contribution in [0, 0.1) is 5.92 Å². The third-order valence-corrected chi connectivity index (χ3v) is 2.68. The molecule has 3 atom stereocenters. The van der Waals surface area contributed by atoms with Crippen molar-refractivity contribution < 1.29 is 9.47 Å². The van der Waals surface area contributed by atoms with Crippen LogP contribution in [0.4, 0.5) is 0 Å². The minimum atomic E-state index is 0.460. The number of rotatable bonds is 2. The molecule has 11 heavy (non-hydrogen) atoms. The van der Waals surface area contributed by atoms with Crippen LogP contribution in [0.2, 0.25) is 0 Å². The van der Waals surface area contributed by atoms with Crippen LogP contribution in [0.25, 0.3) is 0 Å². The number of methoxy groups -OCH3 is 2. The zero-order valence-electron chi connectivity index (χ0n) is 7.67. The molecule has 0 amide bonds. The molecule has 0 radical (unpaired) electrons. The van der Waals surface area contributed by atoms with Crippen LogP contribution in [-0.4, -0.2) is 26.4 Å². The first-order chi connectivity index (χ1) is 5.27. The van der Waals surface area contributed by atoms with Gasteiger partial charge in [0, 0.05) is 14.2 Å². The zero-order valence-corrected chi connectivity index (χ0v) is 7.67. The Bertz CT molecular complexity index is 114. The molecule has 1 aliphatic carbocycles. The molecule has 1 fully saturated rings. The molecule has 0 aromatic heterocycles. The van der Waals surface area contributed by atoms with Gasteiger partial charge in [-0.3, -0.25) is 0 Å². The third kappa shape index (κ3) is 2.17. The summed E-state index contributed by atoms with van der Waals surface area (Å²) in [6, 6.07) is 0. The van der Waals surface area contributed by atoms with Crippen LogP contribution in [-0.2, 0) is 9.47 Å². The maximum Gasteiger partial charge on any atom is 0.0598 e. The van der Waals surface area contributed by atoms with Crippen LogP contribution in [0.15, 0.2) is 0 Å². The molecule has 1 saturated carbocycles. The average Bonchev–Trinajstić information content (AvgIpc) is 2.04. The molecule has 0 N–H and O–H groups in total. The highest BCUT2D eigenvalue weighted by Gasteiger charge is 2.26. The van der Waals surface area contributed by atoms with Gasteiger partial charge in [-0.25, -0.2) is 0 Å². The van der Waals surface area contributed by atoms with Crippen molar-refractivity contribution in [1.29, 1.82) is 0 Å². The SMILES string of the molecule is CO[C@H]1CC[C@@H](OC)[C@@H](C)C1. The minimum absolute atomic E-state index is 0.460. The van der Waals surface area contributed by atoms with Gasteiger partial charge in [0.1, 0.15) is 0 Å². The minimum Gasteiger partial charge on any atom is -0.381 e. The largest absolute Gasteiger partial charge is 0.381 e. The second-order valence-corrected chi connectivity index (χ2v) is 3.42. The molecule has 2 heteroatoms. The molecule has 0 unspecified atom stereocenters. The van der Waals surface area contributed by atoms with E-state index in [1.54, 1.807) is 14.2 Å². The second-order valence-electron chi connectivity index (χ2n) is 3.42. The predicted octanol–water partition coefficient (Wildman–Crippen LogP) is 1.84. The van der Waals surface area contributed by atoms with Crippen LogP contribution in [0.1, 0.15) is 26.2 Å². The highest BCUT2D eigenvalue weighted by Crippen LogP contribution is 2.27. The lowest BCUT2D eigenvalue weighted by Gasteiger charge is -2.32. The smallest absolute Gasteiger partial charge is 0.0598 e. The van der Waals surface area contributed by atoms with Crippen molar-refractivity contribution in [3.63, 3.8) is 0 Å². The summed E-state index contributed by atoms with van der Waals surface area (Å²) < 4.78 is 10.6. The van der Waals surface area contributed by atoms with E-state index in [-0.39, 0.29) is 0 Å². The fraction of sp³-hybridized carbons (Fsp3) is 1.00. The summed E-state index contributed by atoms with van der Waals surface area (Å²) in [6.07, 6.45) is 4.38. The van der Waals surface area contributed by atoms with Crippen LogP contribution in [0.3, 0.4) is 0 Å². The van der Waals surface area contributed by atoms with E-state index in [4.69, 9.17) is 9.47 Å². The summed E-state index contributed by atoms with van der Waals surface area (Å²) in [6.45, 7) is 2.24. The van der Waals surface area contributed by atoms with E-state index >= 15 is 0 Å². The molecule has 1 rings (SSSR count). The van der Waals surface area contributed by atoms with E-state index in [0.29, 0.717) is 18.1 Å². The van der Waals surface area contributed by atoms with Gasteiger partial charge in [-0.05, 0) is 25.2 Å². The number of hydrogen-bond donors (Lipinski definition) is 0. The molecule has 2 nitrogen and oxygen atoms in total. The van der Waals surface area contributed by atoms with Crippen molar-refractivity contribution in [3.8, 4) is 0 Å². The molecule has 66 valence electrons. The molecule has 0 spiro atoms. The number of ether oxygens (including phenoxy) is 2. The van der Waals surface area contributed by atoms with Crippen LogP contribution < -0.4 is 0 Å². The molecule has 1 aliphatic rings. The molecule has 0 aliphatic heterocycles. The fourth-order valence-corrected chi connectivity index (χ4v) is 1.88. The van der Waals surface area contributed by atoms with Gasteiger partial charge < -0.3 is 9.47 Å². The van der Waals surface area contributed by atoms with Crippen molar-refractivity contribution >= 4 is 0 Å². The molecular formula is C9H18O2. The summed E-state index contributed by atoms with van der Waals surface area (Å²) >= 11 is 0. The lowest BCUT2D eigenvalue weighted by molar-refractivity contribution is -0.0282. The highest BCUT2D eigenvalue weighted by atomic mass is 16.5. The number of hydrogen-bond acceptors (Lipinski definition) is 2. The average molecular weight is 158 g/mol. The first kappa shape index (κ1) is 9.01. The lowest BCUT2D eigenvalue weighted by atomic mass is 9.86. The maximum atomic E-state index is 5.34. The summed E-state index contributed by atoms with van der Waals surface area (Å²) in [7, 11) is 3.60. The molecule has 0 saturated heterocycles. The van der Waals surface area contributed by atoms with Gasteiger partial charge in [-0.15, -0.1) is 0 Å². The molecule has 0 aromatic carbocycles. The molecule has 0 bridgehead atoms. The third-order valence-electron chi connectivity index (χ3n) is 2.68. The normalized spacial score (nSPS) is 39.0. The summed E-state index contributed by atoms with van der Waals surface area (Å²) in [4.78, 5) is 0. The van der Waals surface area contributed by atoms with Gasteiger partial charge in [0.25, 0.3) is 0 Å². The Labute approximate surface area is 68.9 Å². The Hall–Kier alpha value is -0.0800. The van der Waals surface area contributed by atoms with Crippen LogP contribution in [0.5, 0.6) is 0 Å². The molecule has 0 aromatic rings. The van der Waals surface area contributed by atoms with E-state index in [1.165, 1.54) is 0 Å². The van der Waals surface area contributed by atoms with E-state index in [0.717, 1.165) is 19.3 Å². The Balaban J connectivity index is 2.34. The van der Waals surface area contributed by atoms with E-state index < -0.39 is 0 Å². The topological polar surface area (TPSA) is 18.5 Å². The van der Waals surface area contributed by atoms with Crippen molar-refractivity contribution in [2.45, 2.75) is 38.4 Å². The summed E-state index contributed by atoms with van der Waals surface area (Å²) in [5.74, 6) is 0.652. The van der Waals surface area contributed by atoms with E-state index in [2.05, 4.69) is 6.92 Å². The highest BCUT2D eigenvalue weighted by molar-refractivity contribution is 4.78. The van der Waals surface area contributed by atoms with Crippen molar-refractivity contribution in [2.75, 3.05) is 14.2 Å². The van der Waals surface area contributed by atoms with Gasteiger partial charge >= 0.3 is 0 Å². The van der Waals surface area contributed by atoms with Gasteiger partial charge in [-0.2, -0.15) is 0 Å². The fourth-order valence-electron chi connectivity index (χ4n) is 1.88. The first-order valence-electron chi connectivity index (χ1n) is 4.33. The van der Waals surface area contributed by atoms with Gasteiger partial charge in [0.05, 0.1) is 12.2 Å². The summed E-state index contributed by atoms with van der Waals surface area (Å²) in [5, 5.41) is 0. The first-order valence-corrected chi connectivity index (χ1v) is 4.33. The van der Waals surface area contributed by atoms with Gasteiger partial charge in [0.15, 0.2) is 0 Å². The molecule has 0 heterocycles. The zero-order chi connectivity index (χ0) is 8.27. The molecular weight excluding hydrogens is 140 g/mol. The second kappa shape index (κ2) is 4.07. The van der Waals surface area contributed by atoms with E-state index in [1.807, 2.05) is 0 Å². The Kier molecular flexibility index (Phi) is 3.34. The monoisotopic (exact) mass is 158 g/mol. The summed E-state index contributed by atoms with van der Waals surface area (Å²) in [5.41, 5.74) is 0. The Morgan fingerprint density at radius 1 is 1.09 bits per heavy atom. The van der Waals surface area contributed by atoms with Gasteiger partial charge in [-0.1, -0.05) is 6.92 Å². The van der Waals surface area contributed by atoms with Crippen molar-refractivity contribution in [2.24, 2.45) is 5.92 Å². The quantitative estimate of drug-likeness (QED) is 0.610. The maximum absolute atomic E-state index is 5.34. The van der Waals surface area contributed by atoms with Gasteiger partial charge in [0.2, 0.25) is 0 Å². The predicted molar refractivity (Wildman–Crippen MR) is 44.6 cm³/mol. The van der Waals surface area contributed by atoms with Crippen molar-refractivity contribution in [1.82, 2.24) is 0 Å². The van der Waals surface area contributed by atoms with Crippen LogP contribution >= 0.6 is 0 Å². The standard InChI is InChI=1S/C9H18O2/c1-7-6-8(10-2)4-5-9(7)11-3/h7-9H,4-6H2,1-3H3/t7-,8-,9+/m0/s1. The Morgan fingerprint density at radius 3 is 2.27 bits per heavy atom. The van der Waals surface area contributed by atoms with Crippen molar-refractivity contribution in [3.05, 3.63) is 0 Å².